The second kappa shape index (κ2) is 3.57. The molecular formula is C10H16O4S. The maximum Gasteiger partial charge on any atom is 0.293 e. The Morgan fingerprint density at radius 3 is 2.60 bits per heavy atom. The summed E-state index contributed by atoms with van der Waals surface area (Å²) in [7, 11) is -3.57. The highest BCUT2D eigenvalue weighted by Gasteiger charge is 2.37. The summed E-state index contributed by atoms with van der Waals surface area (Å²) in [6.45, 7) is 3.71. The van der Waals surface area contributed by atoms with E-state index in [1.165, 1.54) is 0 Å². The number of rotatable bonds is 0. The van der Waals surface area contributed by atoms with E-state index in [1.807, 2.05) is 6.92 Å². The summed E-state index contributed by atoms with van der Waals surface area (Å²) < 4.78 is 28.3. The Morgan fingerprint density at radius 2 is 1.93 bits per heavy atom. The van der Waals surface area contributed by atoms with Crippen LogP contribution in [0.2, 0.25) is 0 Å². The maximum absolute atomic E-state index is 11.7. The molecule has 3 atom stereocenters. The minimum atomic E-state index is -3.57. The molecule has 0 amide bonds. The van der Waals surface area contributed by atoms with Gasteiger partial charge in [-0.3, -0.25) is 4.18 Å². The van der Waals surface area contributed by atoms with E-state index in [0.29, 0.717) is 17.7 Å². The number of aliphatic hydroxyl groups is 1. The summed E-state index contributed by atoms with van der Waals surface area (Å²) in [5.41, 5.74) is 0.951. The minimum Gasteiger partial charge on any atom is -0.392 e. The highest BCUT2D eigenvalue weighted by molar-refractivity contribution is 7.90. The summed E-state index contributed by atoms with van der Waals surface area (Å²) in [4.78, 5) is 0.325. The van der Waals surface area contributed by atoms with Crippen LogP contribution in [0.5, 0.6) is 0 Å². The van der Waals surface area contributed by atoms with Gasteiger partial charge in [0, 0.05) is 6.42 Å². The molecule has 2 aliphatic rings. The first kappa shape index (κ1) is 11.1. The first-order valence-electron chi connectivity index (χ1n) is 5.22. The fraction of sp³-hybridized carbons (Fsp3) is 0.800. The van der Waals surface area contributed by atoms with Gasteiger partial charge in [-0.15, -0.1) is 0 Å². The molecular weight excluding hydrogens is 216 g/mol. The van der Waals surface area contributed by atoms with E-state index in [0.717, 1.165) is 5.57 Å². The molecule has 1 aliphatic carbocycles. The Hall–Kier alpha value is -0.390. The predicted molar refractivity (Wildman–Crippen MR) is 55.5 cm³/mol. The van der Waals surface area contributed by atoms with Crippen LogP contribution in [0.1, 0.15) is 33.1 Å². The third kappa shape index (κ3) is 1.96. The fourth-order valence-electron chi connectivity index (χ4n) is 2.31. The van der Waals surface area contributed by atoms with Crippen LogP contribution in [0.3, 0.4) is 0 Å². The Bertz CT molecular complexity index is 396. The zero-order valence-electron chi connectivity index (χ0n) is 8.93. The highest BCUT2D eigenvalue weighted by Crippen LogP contribution is 2.39. The van der Waals surface area contributed by atoms with Gasteiger partial charge in [0.15, 0.2) is 0 Å². The lowest BCUT2D eigenvalue weighted by molar-refractivity contribution is 0.104. The summed E-state index contributed by atoms with van der Waals surface area (Å²) >= 11 is 0. The zero-order valence-corrected chi connectivity index (χ0v) is 9.75. The van der Waals surface area contributed by atoms with Gasteiger partial charge in [0.25, 0.3) is 10.1 Å². The minimum absolute atomic E-state index is 0.143. The van der Waals surface area contributed by atoms with E-state index in [4.69, 9.17) is 4.18 Å². The van der Waals surface area contributed by atoms with E-state index in [1.54, 1.807) is 6.92 Å². The molecule has 0 aromatic heterocycles. The fourth-order valence-corrected chi connectivity index (χ4v) is 3.82. The van der Waals surface area contributed by atoms with Crippen LogP contribution in [0.4, 0.5) is 0 Å². The van der Waals surface area contributed by atoms with Crippen LogP contribution in [-0.4, -0.2) is 25.7 Å². The predicted octanol–water partition coefficient (Wildman–Crippen LogP) is 1.17. The van der Waals surface area contributed by atoms with Gasteiger partial charge in [-0.05, 0) is 25.7 Å². The van der Waals surface area contributed by atoms with Crippen molar-refractivity contribution in [3.63, 3.8) is 0 Å². The molecule has 5 heteroatoms. The maximum atomic E-state index is 11.7. The van der Waals surface area contributed by atoms with Gasteiger partial charge in [0.05, 0.1) is 17.1 Å². The van der Waals surface area contributed by atoms with Crippen molar-refractivity contribution in [3.05, 3.63) is 10.5 Å². The van der Waals surface area contributed by atoms with E-state index in [2.05, 4.69) is 0 Å². The smallest absolute Gasteiger partial charge is 0.293 e. The summed E-state index contributed by atoms with van der Waals surface area (Å²) in [5, 5.41) is 9.66. The van der Waals surface area contributed by atoms with Crippen LogP contribution in [0.15, 0.2) is 10.5 Å². The standard InChI is InChI=1S/C10H16O4S/c1-6-3-8-4-7(2)14-15(12,13)10(8)5-9(6)11/h6-7,9,11H,3-5H2,1-2H3/t6-,7-,9+/m1/s1. The van der Waals surface area contributed by atoms with Crippen molar-refractivity contribution in [2.45, 2.75) is 45.3 Å². The van der Waals surface area contributed by atoms with Crippen molar-refractivity contribution >= 4 is 10.1 Å². The van der Waals surface area contributed by atoms with Gasteiger partial charge < -0.3 is 5.11 Å². The molecule has 0 aromatic rings. The second-order valence-electron chi connectivity index (χ2n) is 4.54. The average Bonchev–Trinajstić information content (AvgIpc) is 2.07. The van der Waals surface area contributed by atoms with Gasteiger partial charge >= 0.3 is 0 Å². The molecule has 0 saturated heterocycles. The molecule has 0 fully saturated rings. The molecule has 0 bridgehead atoms. The van der Waals surface area contributed by atoms with Crippen molar-refractivity contribution in [3.8, 4) is 0 Å². The highest BCUT2D eigenvalue weighted by atomic mass is 32.2. The zero-order chi connectivity index (χ0) is 11.2. The normalized spacial score (nSPS) is 40.1. The molecule has 1 aliphatic heterocycles. The molecule has 0 saturated carbocycles. The topological polar surface area (TPSA) is 63.6 Å². The summed E-state index contributed by atoms with van der Waals surface area (Å²) in [6, 6.07) is 0. The molecule has 86 valence electrons. The monoisotopic (exact) mass is 232 g/mol. The first-order valence-corrected chi connectivity index (χ1v) is 6.63. The quantitative estimate of drug-likeness (QED) is 0.637. The van der Waals surface area contributed by atoms with Gasteiger partial charge in [-0.1, -0.05) is 12.5 Å². The number of hydrogen-bond donors (Lipinski definition) is 1. The van der Waals surface area contributed by atoms with Crippen LogP contribution < -0.4 is 0 Å². The third-order valence-corrected chi connectivity index (χ3v) is 4.78. The van der Waals surface area contributed by atoms with E-state index in [9.17, 15) is 13.5 Å². The van der Waals surface area contributed by atoms with Crippen molar-refractivity contribution in [2.24, 2.45) is 5.92 Å². The molecule has 1 heterocycles. The lowest BCUT2D eigenvalue weighted by Crippen LogP contribution is -2.33. The SMILES string of the molecule is C[C@@H]1CC2=C(C[C@H](O)[C@H](C)C2)S(=O)(=O)O1. The Kier molecular flexibility index (Phi) is 2.65. The first-order chi connectivity index (χ1) is 6.90. The van der Waals surface area contributed by atoms with Gasteiger partial charge in [-0.2, -0.15) is 8.42 Å². The second-order valence-corrected chi connectivity index (χ2v) is 6.14. The lowest BCUT2D eigenvalue weighted by Gasteiger charge is -2.33. The van der Waals surface area contributed by atoms with Crippen LogP contribution in [0, 0.1) is 5.92 Å². The van der Waals surface area contributed by atoms with Crippen LogP contribution in [0.25, 0.3) is 0 Å². The summed E-state index contributed by atoms with van der Waals surface area (Å²) in [5.74, 6) is 0.143. The van der Waals surface area contributed by atoms with E-state index in [-0.39, 0.29) is 18.4 Å². The number of aliphatic hydroxyl groups excluding tert-OH is 1. The Balaban J connectivity index is 2.41. The Labute approximate surface area is 90.1 Å². The molecule has 1 N–H and O–H groups in total. The molecule has 0 radical (unpaired) electrons. The molecule has 2 rings (SSSR count). The van der Waals surface area contributed by atoms with Gasteiger partial charge in [-0.25, -0.2) is 0 Å². The van der Waals surface area contributed by atoms with Crippen molar-refractivity contribution in [1.29, 1.82) is 0 Å². The van der Waals surface area contributed by atoms with Gasteiger partial charge in [0.2, 0.25) is 0 Å². The van der Waals surface area contributed by atoms with Gasteiger partial charge in [0.1, 0.15) is 0 Å². The molecule has 0 aromatic carbocycles. The summed E-state index contributed by atoms with van der Waals surface area (Å²) in [6.07, 6.45) is 0.729. The van der Waals surface area contributed by atoms with Crippen molar-refractivity contribution in [2.75, 3.05) is 0 Å². The number of hydrogen-bond acceptors (Lipinski definition) is 4. The molecule has 4 nitrogen and oxygen atoms in total. The lowest BCUT2D eigenvalue weighted by atomic mass is 9.85. The van der Waals surface area contributed by atoms with E-state index >= 15 is 0 Å². The Morgan fingerprint density at radius 1 is 1.27 bits per heavy atom. The molecule has 0 unspecified atom stereocenters. The molecule has 0 spiro atoms. The molecule has 15 heavy (non-hydrogen) atoms. The third-order valence-electron chi connectivity index (χ3n) is 3.14. The van der Waals surface area contributed by atoms with E-state index < -0.39 is 16.2 Å². The largest absolute Gasteiger partial charge is 0.392 e. The van der Waals surface area contributed by atoms with Crippen LogP contribution in [-0.2, 0) is 14.3 Å². The van der Waals surface area contributed by atoms with Crippen LogP contribution >= 0.6 is 0 Å². The van der Waals surface area contributed by atoms with Crippen molar-refractivity contribution < 1.29 is 17.7 Å². The average molecular weight is 232 g/mol. The van der Waals surface area contributed by atoms with Crippen molar-refractivity contribution in [1.82, 2.24) is 0 Å².